The lowest BCUT2D eigenvalue weighted by Crippen LogP contribution is -2.50. The first-order chi connectivity index (χ1) is 13.7. The number of carbonyl (C=O) groups is 2. The molecule has 0 atom stereocenters. The van der Waals surface area contributed by atoms with Gasteiger partial charge in [0.1, 0.15) is 5.82 Å². The standard InChI is InChI=1S/C19H19ClFN3O4S/c1-22-29(27,28)15-5-2-13(3-6-15)18(25)23-8-10-24(11-9-23)19(26)16-7-4-14(21)12-17(16)20/h2-7,12,22H,8-11H2,1H3. The first-order valence-electron chi connectivity index (χ1n) is 8.80. The minimum absolute atomic E-state index is 0.0464. The average Bonchev–Trinajstić information content (AvgIpc) is 2.73. The summed E-state index contributed by atoms with van der Waals surface area (Å²) in [5.41, 5.74) is 0.579. The zero-order valence-corrected chi connectivity index (χ0v) is 17.1. The smallest absolute Gasteiger partial charge is 0.255 e. The van der Waals surface area contributed by atoms with E-state index in [2.05, 4.69) is 4.72 Å². The zero-order valence-electron chi connectivity index (χ0n) is 15.6. The minimum Gasteiger partial charge on any atom is -0.335 e. The lowest BCUT2D eigenvalue weighted by Gasteiger charge is -2.35. The van der Waals surface area contributed by atoms with E-state index < -0.39 is 15.8 Å². The highest BCUT2D eigenvalue weighted by atomic mass is 35.5. The van der Waals surface area contributed by atoms with Crippen LogP contribution in [0.2, 0.25) is 5.02 Å². The Morgan fingerprint density at radius 2 is 1.52 bits per heavy atom. The number of halogens is 2. The Kier molecular flexibility index (Phi) is 6.21. The van der Waals surface area contributed by atoms with Crippen LogP contribution in [0.15, 0.2) is 47.4 Å². The van der Waals surface area contributed by atoms with E-state index in [1.807, 2.05) is 0 Å². The second-order valence-electron chi connectivity index (χ2n) is 6.44. The molecule has 2 aromatic rings. The Morgan fingerprint density at radius 1 is 0.966 bits per heavy atom. The molecule has 1 fully saturated rings. The molecule has 29 heavy (non-hydrogen) atoms. The number of amides is 2. The number of nitrogens with one attached hydrogen (secondary N) is 1. The fourth-order valence-corrected chi connectivity index (χ4v) is 4.00. The molecule has 1 heterocycles. The van der Waals surface area contributed by atoms with Gasteiger partial charge in [-0.05, 0) is 49.5 Å². The summed E-state index contributed by atoms with van der Waals surface area (Å²) in [7, 11) is -2.25. The van der Waals surface area contributed by atoms with Gasteiger partial charge in [0.25, 0.3) is 11.8 Å². The first-order valence-corrected chi connectivity index (χ1v) is 10.7. The number of nitrogens with zero attached hydrogens (tertiary/aromatic N) is 2. The Hall–Kier alpha value is -2.49. The van der Waals surface area contributed by atoms with E-state index in [4.69, 9.17) is 11.6 Å². The molecule has 3 rings (SSSR count). The minimum atomic E-state index is -3.57. The second-order valence-corrected chi connectivity index (χ2v) is 8.73. The molecule has 0 aromatic heterocycles. The predicted molar refractivity (Wildman–Crippen MR) is 106 cm³/mol. The summed E-state index contributed by atoms with van der Waals surface area (Å²) in [4.78, 5) is 28.5. The summed E-state index contributed by atoms with van der Waals surface area (Å²) in [5.74, 6) is -1.08. The molecule has 10 heteroatoms. The molecule has 154 valence electrons. The van der Waals surface area contributed by atoms with Gasteiger partial charge in [0.05, 0.1) is 15.5 Å². The highest BCUT2D eigenvalue weighted by Gasteiger charge is 2.26. The largest absolute Gasteiger partial charge is 0.335 e. The van der Waals surface area contributed by atoms with E-state index in [0.29, 0.717) is 31.7 Å². The van der Waals surface area contributed by atoms with Crippen LogP contribution in [0, 0.1) is 5.82 Å². The summed E-state index contributed by atoms with van der Waals surface area (Å²) in [6.07, 6.45) is 0. The van der Waals surface area contributed by atoms with Gasteiger partial charge in [-0.1, -0.05) is 11.6 Å². The molecule has 1 N–H and O–H groups in total. The third kappa shape index (κ3) is 4.58. The van der Waals surface area contributed by atoms with Gasteiger partial charge in [0.15, 0.2) is 0 Å². The van der Waals surface area contributed by atoms with Crippen LogP contribution < -0.4 is 4.72 Å². The third-order valence-corrected chi connectivity index (χ3v) is 6.44. The summed E-state index contributed by atoms with van der Waals surface area (Å²) in [5, 5.41) is 0.0464. The molecule has 0 spiro atoms. The molecule has 0 bridgehead atoms. The van der Waals surface area contributed by atoms with Crippen molar-refractivity contribution in [2.24, 2.45) is 0 Å². The molecule has 7 nitrogen and oxygen atoms in total. The lowest BCUT2D eigenvalue weighted by atomic mass is 10.1. The Balaban J connectivity index is 1.64. The van der Waals surface area contributed by atoms with Gasteiger partial charge in [-0.2, -0.15) is 0 Å². The van der Waals surface area contributed by atoms with E-state index in [-0.39, 0.29) is 27.3 Å². The van der Waals surface area contributed by atoms with Crippen molar-refractivity contribution >= 4 is 33.4 Å². The SMILES string of the molecule is CNS(=O)(=O)c1ccc(C(=O)N2CCN(C(=O)c3ccc(F)cc3Cl)CC2)cc1. The van der Waals surface area contributed by atoms with Crippen molar-refractivity contribution in [3.63, 3.8) is 0 Å². The average molecular weight is 440 g/mol. The van der Waals surface area contributed by atoms with E-state index in [9.17, 15) is 22.4 Å². The van der Waals surface area contributed by atoms with Crippen LogP contribution >= 0.6 is 11.6 Å². The van der Waals surface area contributed by atoms with Gasteiger partial charge in [0, 0.05) is 31.7 Å². The van der Waals surface area contributed by atoms with Gasteiger partial charge in [-0.15, -0.1) is 0 Å². The quantitative estimate of drug-likeness (QED) is 0.789. The van der Waals surface area contributed by atoms with Gasteiger partial charge in [-0.3, -0.25) is 9.59 Å². The summed E-state index contributed by atoms with van der Waals surface area (Å²) >= 11 is 5.96. The lowest BCUT2D eigenvalue weighted by molar-refractivity contribution is 0.0535. The van der Waals surface area contributed by atoms with Crippen LogP contribution in [0.5, 0.6) is 0 Å². The maximum Gasteiger partial charge on any atom is 0.255 e. The molecule has 0 unspecified atom stereocenters. The van der Waals surface area contributed by atoms with Crippen molar-refractivity contribution in [1.82, 2.24) is 14.5 Å². The van der Waals surface area contributed by atoms with Crippen molar-refractivity contribution < 1.29 is 22.4 Å². The third-order valence-electron chi connectivity index (χ3n) is 4.70. The number of sulfonamides is 1. The number of hydrogen-bond donors (Lipinski definition) is 1. The summed E-state index contributed by atoms with van der Waals surface area (Å²) in [6, 6.07) is 9.27. The highest BCUT2D eigenvalue weighted by Crippen LogP contribution is 2.20. The molecule has 1 saturated heterocycles. The molecule has 0 saturated carbocycles. The molecular weight excluding hydrogens is 421 g/mol. The van der Waals surface area contributed by atoms with Gasteiger partial charge < -0.3 is 9.80 Å². The van der Waals surface area contributed by atoms with E-state index >= 15 is 0 Å². The maximum absolute atomic E-state index is 13.2. The van der Waals surface area contributed by atoms with Crippen LogP contribution in [0.1, 0.15) is 20.7 Å². The monoisotopic (exact) mass is 439 g/mol. The Morgan fingerprint density at radius 3 is 2.03 bits per heavy atom. The predicted octanol–water partition coefficient (Wildman–Crippen LogP) is 1.99. The van der Waals surface area contributed by atoms with Gasteiger partial charge >= 0.3 is 0 Å². The number of carbonyl (C=O) groups excluding carboxylic acids is 2. The van der Waals surface area contributed by atoms with Crippen molar-refractivity contribution in [1.29, 1.82) is 0 Å². The molecule has 0 radical (unpaired) electrons. The first kappa shape index (κ1) is 21.2. The van der Waals surface area contributed by atoms with Crippen molar-refractivity contribution in [2.75, 3.05) is 33.2 Å². The normalized spacial score (nSPS) is 14.7. The summed E-state index contributed by atoms with van der Waals surface area (Å²) in [6.45, 7) is 1.26. The van der Waals surface area contributed by atoms with Crippen LogP contribution in [0.4, 0.5) is 4.39 Å². The number of rotatable bonds is 4. The zero-order chi connectivity index (χ0) is 21.2. The fourth-order valence-electron chi connectivity index (χ4n) is 3.02. The highest BCUT2D eigenvalue weighted by molar-refractivity contribution is 7.89. The molecule has 2 amide bonds. The Bertz CT molecular complexity index is 1040. The van der Waals surface area contributed by atoms with Crippen LogP contribution in [0.3, 0.4) is 0 Å². The van der Waals surface area contributed by atoms with Crippen molar-refractivity contribution in [3.05, 3.63) is 64.4 Å². The van der Waals surface area contributed by atoms with Crippen LogP contribution in [-0.4, -0.2) is 63.3 Å². The van der Waals surface area contributed by atoms with Gasteiger partial charge in [-0.25, -0.2) is 17.5 Å². The van der Waals surface area contributed by atoms with Crippen LogP contribution in [0.25, 0.3) is 0 Å². The van der Waals surface area contributed by atoms with E-state index in [1.54, 1.807) is 9.80 Å². The van der Waals surface area contributed by atoms with Crippen molar-refractivity contribution in [3.8, 4) is 0 Å². The number of hydrogen-bond acceptors (Lipinski definition) is 4. The Labute approximate surface area is 173 Å². The van der Waals surface area contributed by atoms with E-state index in [1.165, 1.54) is 43.4 Å². The molecule has 2 aromatic carbocycles. The molecular formula is C19H19ClFN3O4S. The fraction of sp³-hybridized carbons (Fsp3) is 0.263. The summed E-state index contributed by atoms with van der Waals surface area (Å²) < 4.78 is 38.9. The maximum atomic E-state index is 13.2. The number of piperazine rings is 1. The molecule has 0 aliphatic carbocycles. The van der Waals surface area contributed by atoms with Gasteiger partial charge in [0.2, 0.25) is 10.0 Å². The van der Waals surface area contributed by atoms with E-state index in [0.717, 1.165) is 6.07 Å². The second kappa shape index (κ2) is 8.48. The topological polar surface area (TPSA) is 86.8 Å². The van der Waals surface area contributed by atoms with Crippen molar-refractivity contribution in [2.45, 2.75) is 4.90 Å². The molecule has 1 aliphatic rings. The number of benzene rings is 2. The van der Waals surface area contributed by atoms with Crippen LogP contribution in [-0.2, 0) is 10.0 Å². The molecule has 1 aliphatic heterocycles.